The number of ether oxygens (including phenoxy) is 2. The molecule has 38 heavy (non-hydrogen) atoms. The average molecular weight is 562 g/mol. The van der Waals surface area contributed by atoms with E-state index in [9.17, 15) is 4.79 Å². The van der Waals surface area contributed by atoms with E-state index in [1.54, 1.807) is 11.9 Å². The number of carbonyl (C=O) groups excluding carboxylic acids is 1. The van der Waals surface area contributed by atoms with Crippen LogP contribution in [0.2, 0.25) is 5.02 Å². The molecule has 2 heterocycles. The van der Waals surface area contributed by atoms with Gasteiger partial charge in [-0.25, -0.2) is 4.98 Å². The summed E-state index contributed by atoms with van der Waals surface area (Å²) < 4.78 is 11.8. The Balaban J connectivity index is 1.34. The second-order valence-corrected chi connectivity index (χ2v) is 10.5. The van der Waals surface area contributed by atoms with Crippen molar-refractivity contribution in [1.29, 1.82) is 0 Å². The molecule has 3 aromatic carbocycles. The Morgan fingerprint density at radius 3 is 2.61 bits per heavy atom. The van der Waals surface area contributed by atoms with Gasteiger partial charge in [-0.2, -0.15) is 4.99 Å². The summed E-state index contributed by atoms with van der Waals surface area (Å²) >= 11 is 9.03. The highest BCUT2D eigenvalue weighted by atomic mass is 35.5. The van der Waals surface area contributed by atoms with E-state index < -0.39 is 0 Å². The topological polar surface area (TPSA) is 64.0 Å². The van der Waals surface area contributed by atoms with Gasteiger partial charge in [0.15, 0.2) is 16.7 Å². The minimum absolute atomic E-state index is 0.120. The number of benzene rings is 3. The Labute approximate surface area is 234 Å². The van der Waals surface area contributed by atoms with Gasteiger partial charge in [0.05, 0.1) is 17.2 Å². The summed E-state index contributed by atoms with van der Waals surface area (Å²) in [5.74, 6) is 1.09. The quantitative estimate of drug-likeness (QED) is 0.206. The normalized spacial score (nSPS) is 15.4. The Morgan fingerprint density at radius 2 is 1.82 bits per heavy atom. The Kier molecular flexibility index (Phi) is 8.12. The molecule has 0 N–H and O–H groups in total. The van der Waals surface area contributed by atoms with Gasteiger partial charge in [-0.05, 0) is 48.5 Å². The van der Waals surface area contributed by atoms with Gasteiger partial charge in [0.1, 0.15) is 6.61 Å². The molecule has 1 aliphatic heterocycles. The van der Waals surface area contributed by atoms with Crippen LogP contribution in [0, 0.1) is 0 Å². The van der Waals surface area contributed by atoms with Gasteiger partial charge in [-0.1, -0.05) is 66.2 Å². The van der Waals surface area contributed by atoms with E-state index in [2.05, 4.69) is 9.98 Å². The summed E-state index contributed by atoms with van der Waals surface area (Å²) in [6.07, 6.45) is 1.84. The standard InChI is InChI=1S/C29H24ClN3O3S2/c1-3-35-25-15-19(13-14-24(25)36-17-21-11-7-8-12-22(21)30)16-26-27(34)33(2)29(38-26)32-28-31-23(18-37-28)20-9-5-4-6-10-20/h4-16,18H,3,17H2,1-2H3/b26-16-,32-29+. The summed E-state index contributed by atoms with van der Waals surface area (Å²) in [7, 11) is 1.72. The van der Waals surface area contributed by atoms with Gasteiger partial charge in [0.2, 0.25) is 5.13 Å². The van der Waals surface area contributed by atoms with Gasteiger partial charge in [0.25, 0.3) is 5.91 Å². The van der Waals surface area contributed by atoms with E-state index in [4.69, 9.17) is 21.1 Å². The van der Waals surface area contributed by atoms with Crippen LogP contribution in [0.15, 0.2) is 88.1 Å². The zero-order valence-corrected chi connectivity index (χ0v) is 23.1. The first kappa shape index (κ1) is 26.0. The first-order valence-electron chi connectivity index (χ1n) is 11.9. The number of aromatic nitrogens is 1. The molecule has 1 saturated heterocycles. The zero-order valence-electron chi connectivity index (χ0n) is 20.8. The van der Waals surface area contributed by atoms with Crippen molar-refractivity contribution in [2.24, 2.45) is 4.99 Å². The molecule has 9 heteroatoms. The van der Waals surface area contributed by atoms with Gasteiger partial charge in [0, 0.05) is 28.6 Å². The number of rotatable bonds is 8. The van der Waals surface area contributed by atoms with E-state index in [1.165, 1.54) is 23.1 Å². The van der Waals surface area contributed by atoms with Crippen LogP contribution in [0.4, 0.5) is 5.13 Å². The molecule has 6 nitrogen and oxygen atoms in total. The number of thiazole rings is 1. The van der Waals surface area contributed by atoms with Gasteiger partial charge < -0.3 is 9.47 Å². The fraction of sp³-hybridized carbons (Fsp3) is 0.138. The number of carbonyl (C=O) groups is 1. The summed E-state index contributed by atoms with van der Waals surface area (Å²) in [6.45, 7) is 2.72. The first-order valence-corrected chi connectivity index (χ1v) is 14.0. The maximum Gasteiger partial charge on any atom is 0.266 e. The van der Waals surface area contributed by atoms with Crippen molar-refractivity contribution in [2.45, 2.75) is 13.5 Å². The minimum Gasteiger partial charge on any atom is -0.490 e. The van der Waals surface area contributed by atoms with E-state index in [0.717, 1.165) is 22.4 Å². The van der Waals surface area contributed by atoms with Crippen molar-refractivity contribution in [1.82, 2.24) is 9.88 Å². The van der Waals surface area contributed by atoms with E-state index in [-0.39, 0.29) is 5.91 Å². The summed E-state index contributed by atoms with van der Waals surface area (Å²) in [5.41, 5.74) is 3.61. The van der Waals surface area contributed by atoms with Crippen molar-refractivity contribution >= 4 is 57.0 Å². The second-order valence-electron chi connectivity index (χ2n) is 8.27. The lowest BCUT2D eigenvalue weighted by molar-refractivity contribution is -0.121. The number of halogens is 1. The summed E-state index contributed by atoms with van der Waals surface area (Å²) in [6, 6.07) is 23.1. The lowest BCUT2D eigenvalue weighted by Crippen LogP contribution is -2.23. The number of hydrogen-bond donors (Lipinski definition) is 0. The Bertz CT molecular complexity index is 1520. The van der Waals surface area contributed by atoms with E-state index >= 15 is 0 Å². The Morgan fingerprint density at radius 1 is 1.03 bits per heavy atom. The number of aliphatic imine (C=N–C) groups is 1. The monoisotopic (exact) mass is 561 g/mol. The molecule has 0 atom stereocenters. The Hall–Kier alpha value is -3.59. The van der Waals surface area contributed by atoms with Crippen LogP contribution in [0.3, 0.4) is 0 Å². The van der Waals surface area contributed by atoms with Gasteiger partial charge >= 0.3 is 0 Å². The van der Waals surface area contributed by atoms with Crippen LogP contribution in [0.5, 0.6) is 11.5 Å². The average Bonchev–Trinajstić information content (AvgIpc) is 3.50. The van der Waals surface area contributed by atoms with Crippen molar-refractivity contribution < 1.29 is 14.3 Å². The number of amides is 1. The molecule has 1 amide bonds. The third-order valence-electron chi connectivity index (χ3n) is 5.66. The molecule has 1 aromatic heterocycles. The molecule has 1 aliphatic rings. The molecule has 4 aromatic rings. The second kappa shape index (κ2) is 11.9. The first-order chi connectivity index (χ1) is 18.5. The molecule has 192 valence electrons. The maximum atomic E-state index is 13.0. The molecular formula is C29H24ClN3O3S2. The maximum absolute atomic E-state index is 13.0. The molecule has 0 saturated carbocycles. The van der Waals surface area contributed by atoms with Gasteiger partial charge in [-0.15, -0.1) is 11.3 Å². The van der Waals surface area contributed by atoms with Gasteiger partial charge in [-0.3, -0.25) is 9.69 Å². The predicted molar refractivity (Wildman–Crippen MR) is 156 cm³/mol. The molecule has 0 spiro atoms. The largest absolute Gasteiger partial charge is 0.490 e. The van der Waals surface area contributed by atoms with Crippen molar-refractivity contribution in [3.63, 3.8) is 0 Å². The number of thioether (sulfide) groups is 1. The number of likely N-dealkylation sites (N-methyl/N-ethyl adjacent to an activating group) is 1. The molecule has 5 rings (SSSR count). The fourth-order valence-corrected chi connectivity index (χ4v) is 5.63. The third kappa shape index (κ3) is 5.93. The highest BCUT2D eigenvalue weighted by Crippen LogP contribution is 2.36. The van der Waals surface area contributed by atoms with Crippen LogP contribution in [-0.4, -0.2) is 34.6 Å². The van der Waals surface area contributed by atoms with E-state index in [1.807, 2.05) is 91.2 Å². The zero-order chi connectivity index (χ0) is 26.5. The summed E-state index contributed by atoms with van der Waals surface area (Å²) in [4.78, 5) is 24.4. The smallest absolute Gasteiger partial charge is 0.266 e. The molecule has 0 bridgehead atoms. The lowest BCUT2D eigenvalue weighted by Gasteiger charge is -2.13. The summed E-state index contributed by atoms with van der Waals surface area (Å²) in [5, 5.41) is 3.81. The van der Waals surface area contributed by atoms with E-state index in [0.29, 0.717) is 44.9 Å². The molecule has 1 fully saturated rings. The SMILES string of the molecule is CCOc1cc(/C=C2\S/C(=N/c3nc(-c4ccccc4)cs3)N(C)C2=O)ccc1OCc1ccccc1Cl. The number of hydrogen-bond acceptors (Lipinski definition) is 7. The van der Waals surface area contributed by atoms with Crippen LogP contribution >= 0.6 is 34.7 Å². The van der Waals surface area contributed by atoms with Crippen molar-refractivity contribution in [3.05, 3.63) is 99.2 Å². The third-order valence-corrected chi connectivity index (χ3v) is 7.83. The number of amidine groups is 1. The minimum atomic E-state index is -0.120. The predicted octanol–water partition coefficient (Wildman–Crippen LogP) is 7.68. The molecule has 0 unspecified atom stereocenters. The molecule has 0 aliphatic carbocycles. The number of nitrogens with zero attached hydrogens (tertiary/aromatic N) is 3. The van der Waals surface area contributed by atoms with Crippen molar-refractivity contribution in [3.8, 4) is 22.8 Å². The fourth-order valence-electron chi connectivity index (χ4n) is 3.71. The lowest BCUT2D eigenvalue weighted by atomic mass is 10.1. The van der Waals surface area contributed by atoms with Crippen LogP contribution in [0.25, 0.3) is 17.3 Å². The van der Waals surface area contributed by atoms with Crippen LogP contribution in [0.1, 0.15) is 18.1 Å². The highest BCUT2D eigenvalue weighted by Gasteiger charge is 2.30. The van der Waals surface area contributed by atoms with Crippen molar-refractivity contribution in [2.75, 3.05) is 13.7 Å². The van der Waals surface area contributed by atoms with Crippen LogP contribution in [-0.2, 0) is 11.4 Å². The van der Waals surface area contributed by atoms with Crippen LogP contribution < -0.4 is 9.47 Å². The molecule has 0 radical (unpaired) electrons. The highest BCUT2D eigenvalue weighted by molar-refractivity contribution is 8.18. The molecular weight excluding hydrogens is 538 g/mol.